The van der Waals surface area contributed by atoms with Crippen LogP contribution in [0.2, 0.25) is 0 Å². The van der Waals surface area contributed by atoms with E-state index in [1.54, 1.807) is 6.92 Å². The number of anilines is 2. The van der Waals surface area contributed by atoms with Crippen molar-refractivity contribution in [2.75, 3.05) is 9.80 Å². The zero-order valence-electron chi connectivity index (χ0n) is 23.6. The fourth-order valence-corrected chi connectivity index (χ4v) is 6.80. The Labute approximate surface area is 253 Å². The van der Waals surface area contributed by atoms with Crippen LogP contribution in [0.4, 0.5) is 17.1 Å². The first-order valence-corrected chi connectivity index (χ1v) is 14.3. The summed E-state index contributed by atoms with van der Waals surface area (Å²) in [6.07, 6.45) is 3.05. The number of nitro benzene ring substituents is 1. The molecule has 218 valence electrons. The van der Waals surface area contributed by atoms with Gasteiger partial charge in [0.05, 0.1) is 28.5 Å². The molecule has 0 aromatic heterocycles. The highest BCUT2D eigenvalue weighted by atomic mass is 16.6. The van der Waals surface area contributed by atoms with Crippen LogP contribution in [-0.4, -0.2) is 34.8 Å². The number of para-hydroxylation sites is 1. The van der Waals surface area contributed by atoms with Gasteiger partial charge in [-0.2, -0.15) is 0 Å². The molecule has 3 aliphatic heterocycles. The SMILES string of the molecule is Cc1cc([N+](=O)[O-])ccc1N1C(=O)C2C(C1=O)C(C(=O)OC(c1ccccc1)c1ccccc1)N1c3ccccc3C=CC21. The topological polar surface area (TPSA) is 110 Å². The van der Waals surface area contributed by atoms with Crippen LogP contribution in [0.25, 0.3) is 6.08 Å². The van der Waals surface area contributed by atoms with Gasteiger partial charge in [0.2, 0.25) is 11.8 Å². The first-order valence-electron chi connectivity index (χ1n) is 14.3. The number of rotatable bonds is 6. The molecule has 4 aromatic rings. The molecule has 0 N–H and O–H groups in total. The van der Waals surface area contributed by atoms with Crippen molar-refractivity contribution in [3.05, 3.63) is 142 Å². The minimum absolute atomic E-state index is 0.141. The van der Waals surface area contributed by atoms with E-state index in [9.17, 15) is 24.5 Å². The molecular weight excluding hydrogens is 558 g/mol. The lowest BCUT2D eigenvalue weighted by Crippen LogP contribution is -2.49. The van der Waals surface area contributed by atoms with Gasteiger partial charge in [-0.15, -0.1) is 0 Å². The van der Waals surface area contributed by atoms with Crippen LogP contribution in [0.3, 0.4) is 0 Å². The zero-order valence-corrected chi connectivity index (χ0v) is 23.6. The number of nitrogens with zero attached hydrogens (tertiary/aromatic N) is 3. The van der Waals surface area contributed by atoms with E-state index in [4.69, 9.17) is 4.74 Å². The monoisotopic (exact) mass is 585 g/mol. The smallest absolute Gasteiger partial charge is 0.330 e. The Bertz CT molecular complexity index is 1800. The van der Waals surface area contributed by atoms with Gasteiger partial charge >= 0.3 is 5.97 Å². The van der Waals surface area contributed by atoms with Gasteiger partial charge in [-0.25, -0.2) is 9.69 Å². The second kappa shape index (κ2) is 10.6. The number of aryl methyl sites for hydroxylation is 1. The maximum Gasteiger partial charge on any atom is 0.330 e. The highest BCUT2D eigenvalue weighted by molar-refractivity contribution is 6.25. The Morgan fingerprint density at radius 2 is 1.43 bits per heavy atom. The number of nitro groups is 1. The Kier molecular flexibility index (Phi) is 6.58. The van der Waals surface area contributed by atoms with Crippen LogP contribution in [0.5, 0.6) is 0 Å². The van der Waals surface area contributed by atoms with E-state index in [2.05, 4.69) is 0 Å². The van der Waals surface area contributed by atoms with Gasteiger partial charge in [0.15, 0.2) is 6.10 Å². The van der Waals surface area contributed by atoms with Crippen LogP contribution in [0, 0.1) is 28.9 Å². The van der Waals surface area contributed by atoms with Crippen LogP contribution in [0.1, 0.15) is 28.4 Å². The average Bonchev–Trinajstić information content (AvgIpc) is 3.53. The third-order valence-electron chi connectivity index (χ3n) is 8.73. The predicted octanol–water partition coefficient (Wildman–Crippen LogP) is 5.63. The van der Waals surface area contributed by atoms with E-state index in [1.165, 1.54) is 18.2 Å². The molecule has 0 aliphatic carbocycles. The number of amides is 2. The summed E-state index contributed by atoms with van der Waals surface area (Å²) in [7, 11) is 0. The minimum atomic E-state index is -1.09. The highest BCUT2D eigenvalue weighted by Gasteiger charge is 2.65. The molecule has 3 aliphatic rings. The fourth-order valence-electron chi connectivity index (χ4n) is 6.80. The standard InChI is InChI=1S/C35H27N3O6/c1-21-20-25(38(42)43)17-19-26(21)37-33(39)29-28-18-16-22-10-8-9-15-27(22)36(28)31(30(29)34(37)40)35(41)44-32(23-11-4-2-5-12-23)24-13-6-3-7-14-24/h2-20,28-32H,1H3. The number of fused-ring (bicyclic) bond motifs is 5. The molecule has 2 fully saturated rings. The quantitative estimate of drug-likeness (QED) is 0.125. The Hall–Kier alpha value is -5.57. The molecule has 0 bridgehead atoms. The van der Waals surface area contributed by atoms with Gasteiger partial charge in [0.25, 0.3) is 5.69 Å². The molecule has 2 amide bonds. The lowest BCUT2D eigenvalue weighted by atomic mass is 9.88. The lowest BCUT2D eigenvalue weighted by molar-refractivity contribution is -0.384. The number of non-ortho nitro benzene ring substituents is 1. The van der Waals surface area contributed by atoms with Crippen LogP contribution >= 0.6 is 0 Å². The number of ether oxygens (including phenoxy) is 1. The van der Waals surface area contributed by atoms with E-state index < -0.39 is 52.7 Å². The molecule has 7 rings (SSSR count). The largest absolute Gasteiger partial charge is 0.451 e. The van der Waals surface area contributed by atoms with Crippen molar-refractivity contribution in [1.82, 2.24) is 0 Å². The summed E-state index contributed by atoms with van der Waals surface area (Å²) >= 11 is 0. The van der Waals surface area contributed by atoms with E-state index in [0.717, 1.165) is 27.3 Å². The fraction of sp³-hybridized carbons (Fsp3) is 0.171. The molecule has 0 radical (unpaired) electrons. The second-order valence-corrected chi connectivity index (χ2v) is 11.2. The third kappa shape index (κ3) is 4.27. The van der Waals surface area contributed by atoms with Gasteiger partial charge in [0.1, 0.15) is 6.04 Å². The first kappa shape index (κ1) is 27.3. The number of benzene rings is 4. The number of esters is 1. The Morgan fingerprint density at radius 1 is 0.818 bits per heavy atom. The van der Waals surface area contributed by atoms with Crippen molar-refractivity contribution in [3.8, 4) is 0 Å². The predicted molar refractivity (Wildman–Crippen MR) is 164 cm³/mol. The van der Waals surface area contributed by atoms with Gasteiger partial charge < -0.3 is 9.64 Å². The number of carbonyl (C=O) groups excluding carboxylic acids is 3. The molecule has 0 saturated carbocycles. The first-order chi connectivity index (χ1) is 21.3. The van der Waals surface area contributed by atoms with Crippen LogP contribution < -0.4 is 9.80 Å². The summed E-state index contributed by atoms with van der Waals surface area (Å²) in [6.45, 7) is 1.62. The van der Waals surface area contributed by atoms with Gasteiger partial charge in [-0.05, 0) is 41.3 Å². The highest BCUT2D eigenvalue weighted by Crippen LogP contribution is 2.50. The van der Waals surface area contributed by atoms with Gasteiger partial charge in [-0.1, -0.05) is 91.0 Å². The summed E-state index contributed by atoms with van der Waals surface area (Å²) in [4.78, 5) is 56.6. The molecule has 3 heterocycles. The molecule has 9 heteroatoms. The van der Waals surface area contributed by atoms with Crippen molar-refractivity contribution in [2.45, 2.75) is 25.1 Å². The number of carbonyl (C=O) groups is 3. The summed E-state index contributed by atoms with van der Waals surface area (Å²) in [5.74, 6) is -3.48. The average molecular weight is 586 g/mol. The molecule has 4 unspecified atom stereocenters. The number of hydrogen-bond acceptors (Lipinski definition) is 7. The molecule has 4 aromatic carbocycles. The van der Waals surface area contributed by atoms with Crippen molar-refractivity contribution in [3.63, 3.8) is 0 Å². The maximum atomic E-state index is 14.4. The molecule has 2 saturated heterocycles. The van der Waals surface area contributed by atoms with Gasteiger partial charge in [0, 0.05) is 17.8 Å². The molecular formula is C35H27N3O6. The summed E-state index contributed by atoms with van der Waals surface area (Å²) in [5, 5.41) is 11.3. The molecule has 4 atom stereocenters. The van der Waals surface area contributed by atoms with E-state index >= 15 is 0 Å². The van der Waals surface area contributed by atoms with Crippen molar-refractivity contribution in [2.24, 2.45) is 11.8 Å². The summed E-state index contributed by atoms with van der Waals surface area (Å²) in [6, 6.07) is 28.7. The zero-order chi connectivity index (χ0) is 30.5. The van der Waals surface area contributed by atoms with E-state index in [0.29, 0.717) is 5.56 Å². The van der Waals surface area contributed by atoms with Crippen molar-refractivity contribution >= 4 is 40.9 Å². The maximum absolute atomic E-state index is 14.4. The van der Waals surface area contributed by atoms with E-state index in [1.807, 2.05) is 102 Å². The Balaban J connectivity index is 1.32. The van der Waals surface area contributed by atoms with E-state index in [-0.39, 0.29) is 11.4 Å². The molecule has 44 heavy (non-hydrogen) atoms. The van der Waals surface area contributed by atoms with Crippen LogP contribution in [0.15, 0.2) is 109 Å². The normalized spacial score (nSPS) is 21.7. The Morgan fingerprint density at radius 3 is 2.07 bits per heavy atom. The third-order valence-corrected chi connectivity index (χ3v) is 8.73. The molecule has 0 spiro atoms. The number of hydrogen-bond donors (Lipinski definition) is 0. The molecule has 9 nitrogen and oxygen atoms in total. The van der Waals surface area contributed by atoms with Crippen molar-refractivity contribution < 1.29 is 24.0 Å². The lowest BCUT2D eigenvalue weighted by Gasteiger charge is -2.36. The van der Waals surface area contributed by atoms with Gasteiger partial charge in [-0.3, -0.25) is 19.7 Å². The second-order valence-electron chi connectivity index (χ2n) is 11.2. The van der Waals surface area contributed by atoms with Crippen molar-refractivity contribution in [1.29, 1.82) is 0 Å². The summed E-state index contributed by atoms with van der Waals surface area (Å²) < 4.78 is 6.31. The summed E-state index contributed by atoms with van der Waals surface area (Å²) in [5.41, 5.74) is 3.69. The van der Waals surface area contributed by atoms with Crippen LogP contribution in [-0.2, 0) is 19.1 Å². The number of imide groups is 1. The minimum Gasteiger partial charge on any atom is -0.451 e.